The van der Waals surface area contributed by atoms with Gasteiger partial charge in [-0.2, -0.15) is 13.2 Å². The predicted molar refractivity (Wildman–Crippen MR) is 101 cm³/mol. The SMILES string of the molecule is N=C(c1cccc(C(F)(F)F)c1)N1CCN(CCCc2ccccc2)CC1. The molecule has 1 heterocycles. The molecule has 27 heavy (non-hydrogen) atoms. The van der Waals surface area contributed by atoms with Gasteiger partial charge in [0.05, 0.1) is 5.56 Å². The van der Waals surface area contributed by atoms with Crippen LogP contribution in [0.4, 0.5) is 13.2 Å². The van der Waals surface area contributed by atoms with Gasteiger partial charge in [0.15, 0.2) is 0 Å². The van der Waals surface area contributed by atoms with Gasteiger partial charge in [0.2, 0.25) is 0 Å². The van der Waals surface area contributed by atoms with Gasteiger partial charge in [-0.1, -0.05) is 42.5 Å². The molecule has 0 amide bonds. The Kier molecular flexibility index (Phi) is 6.16. The lowest BCUT2D eigenvalue weighted by atomic mass is 10.1. The van der Waals surface area contributed by atoms with Crippen molar-refractivity contribution in [1.82, 2.24) is 9.80 Å². The minimum absolute atomic E-state index is 0.171. The Balaban J connectivity index is 1.48. The molecule has 0 atom stereocenters. The van der Waals surface area contributed by atoms with Crippen LogP contribution in [0.5, 0.6) is 0 Å². The van der Waals surface area contributed by atoms with Crippen LogP contribution in [0, 0.1) is 5.41 Å². The Morgan fingerprint density at radius 3 is 2.30 bits per heavy atom. The number of piperazine rings is 1. The number of nitrogens with zero attached hydrogens (tertiary/aromatic N) is 2. The summed E-state index contributed by atoms with van der Waals surface area (Å²) >= 11 is 0. The summed E-state index contributed by atoms with van der Waals surface area (Å²) in [6, 6.07) is 15.4. The molecule has 0 spiro atoms. The third kappa shape index (κ3) is 5.32. The first-order valence-corrected chi connectivity index (χ1v) is 9.21. The van der Waals surface area contributed by atoms with E-state index in [0.29, 0.717) is 18.7 Å². The van der Waals surface area contributed by atoms with Crippen LogP contribution in [0.15, 0.2) is 54.6 Å². The van der Waals surface area contributed by atoms with Crippen molar-refractivity contribution in [3.8, 4) is 0 Å². The van der Waals surface area contributed by atoms with Crippen LogP contribution in [0.25, 0.3) is 0 Å². The molecule has 1 saturated heterocycles. The average molecular weight is 375 g/mol. The minimum atomic E-state index is -4.38. The highest BCUT2D eigenvalue weighted by atomic mass is 19.4. The van der Waals surface area contributed by atoms with Crippen molar-refractivity contribution in [1.29, 1.82) is 5.41 Å². The maximum absolute atomic E-state index is 12.9. The molecule has 2 aromatic carbocycles. The molecule has 0 aromatic heterocycles. The quantitative estimate of drug-likeness (QED) is 0.625. The van der Waals surface area contributed by atoms with Gasteiger partial charge in [-0.25, -0.2) is 0 Å². The summed E-state index contributed by atoms with van der Waals surface area (Å²) in [6.07, 6.45) is -2.26. The summed E-state index contributed by atoms with van der Waals surface area (Å²) in [5.74, 6) is 0.171. The molecule has 2 aromatic rings. The van der Waals surface area contributed by atoms with Crippen LogP contribution < -0.4 is 0 Å². The van der Waals surface area contributed by atoms with Crippen LogP contribution >= 0.6 is 0 Å². The fourth-order valence-electron chi connectivity index (χ4n) is 3.37. The maximum Gasteiger partial charge on any atom is 0.416 e. The molecular formula is C21H24F3N3. The van der Waals surface area contributed by atoms with Gasteiger partial charge >= 0.3 is 6.18 Å². The van der Waals surface area contributed by atoms with Gasteiger partial charge in [0.1, 0.15) is 5.84 Å². The smallest absolute Gasteiger partial charge is 0.354 e. The molecule has 3 rings (SSSR count). The highest BCUT2D eigenvalue weighted by Gasteiger charge is 2.31. The van der Waals surface area contributed by atoms with Gasteiger partial charge in [-0.05, 0) is 37.1 Å². The van der Waals surface area contributed by atoms with Crippen molar-refractivity contribution in [3.05, 3.63) is 71.3 Å². The molecule has 6 heteroatoms. The molecule has 0 saturated carbocycles. The largest absolute Gasteiger partial charge is 0.416 e. The second kappa shape index (κ2) is 8.57. The molecule has 1 aliphatic rings. The van der Waals surface area contributed by atoms with Crippen LogP contribution in [0.2, 0.25) is 0 Å². The van der Waals surface area contributed by atoms with Crippen molar-refractivity contribution >= 4 is 5.84 Å². The first kappa shape index (κ1) is 19.4. The first-order chi connectivity index (χ1) is 12.9. The van der Waals surface area contributed by atoms with Crippen molar-refractivity contribution in [2.75, 3.05) is 32.7 Å². The van der Waals surface area contributed by atoms with Gasteiger partial charge in [0, 0.05) is 31.7 Å². The van der Waals surface area contributed by atoms with E-state index in [-0.39, 0.29) is 5.84 Å². The van der Waals surface area contributed by atoms with E-state index in [9.17, 15) is 13.2 Å². The number of hydrogen-bond donors (Lipinski definition) is 1. The standard InChI is InChI=1S/C21H24F3N3/c22-21(23,24)19-10-4-9-18(16-19)20(25)27-14-12-26(13-15-27)11-5-8-17-6-2-1-3-7-17/h1-4,6-7,9-10,16,25H,5,8,11-15H2. The summed E-state index contributed by atoms with van der Waals surface area (Å²) in [6.45, 7) is 3.99. The minimum Gasteiger partial charge on any atom is -0.354 e. The molecular weight excluding hydrogens is 351 g/mol. The Hall–Kier alpha value is -2.34. The summed E-state index contributed by atoms with van der Waals surface area (Å²) in [4.78, 5) is 4.22. The summed E-state index contributed by atoms with van der Waals surface area (Å²) in [5.41, 5.74) is 0.953. The summed E-state index contributed by atoms with van der Waals surface area (Å²) in [5, 5.41) is 8.28. The second-order valence-corrected chi connectivity index (χ2v) is 6.85. The molecule has 144 valence electrons. The normalized spacial score (nSPS) is 15.7. The van der Waals surface area contributed by atoms with E-state index in [1.165, 1.54) is 11.6 Å². The number of hydrogen-bond acceptors (Lipinski definition) is 2. The molecule has 0 radical (unpaired) electrons. The second-order valence-electron chi connectivity index (χ2n) is 6.85. The number of rotatable bonds is 5. The van der Waals surface area contributed by atoms with Crippen LogP contribution in [-0.4, -0.2) is 48.4 Å². The fraction of sp³-hybridized carbons (Fsp3) is 0.381. The van der Waals surface area contributed by atoms with Crippen molar-refractivity contribution in [2.45, 2.75) is 19.0 Å². The molecule has 0 unspecified atom stereocenters. The van der Waals surface area contributed by atoms with E-state index < -0.39 is 11.7 Å². The maximum atomic E-state index is 12.9. The highest BCUT2D eigenvalue weighted by molar-refractivity contribution is 5.96. The molecule has 3 nitrogen and oxygen atoms in total. The monoisotopic (exact) mass is 375 g/mol. The molecule has 1 N–H and O–H groups in total. The van der Waals surface area contributed by atoms with E-state index in [2.05, 4.69) is 17.0 Å². The third-order valence-corrected chi connectivity index (χ3v) is 4.93. The predicted octanol–water partition coefficient (Wildman–Crippen LogP) is 4.28. The number of halogens is 3. The van der Waals surface area contributed by atoms with Gasteiger partial charge in [-0.15, -0.1) is 0 Å². The summed E-state index contributed by atoms with van der Waals surface area (Å²) < 4.78 is 38.6. The van der Waals surface area contributed by atoms with Gasteiger partial charge in [0.25, 0.3) is 0 Å². The van der Waals surface area contributed by atoms with Crippen molar-refractivity contribution < 1.29 is 13.2 Å². The number of aryl methyl sites for hydroxylation is 1. The average Bonchev–Trinajstić information content (AvgIpc) is 2.68. The first-order valence-electron chi connectivity index (χ1n) is 9.21. The summed E-state index contributed by atoms with van der Waals surface area (Å²) in [7, 11) is 0. The Morgan fingerprint density at radius 2 is 1.63 bits per heavy atom. The lowest BCUT2D eigenvalue weighted by Crippen LogP contribution is -2.48. The lowest BCUT2D eigenvalue weighted by molar-refractivity contribution is -0.137. The molecule has 0 bridgehead atoms. The van der Waals surface area contributed by atoms with Gasteiger partial charge in [-0.3, -0.25) is 10.3 Å². The molecule has 1 aliphatic heterocycles. The van der Waals surface area contributed by atoms with E-state index in [0.717, 1.165) is 44.6 Å². The van der Waals surface area contributed by atoms with E-state index >= 15 is 0 Å². The topological polar surface area (TPSA) is 30.3 Å². The molecule has 0 aliphatic carbocycles. The number of amidine groups is 1. The van der Waals surface area contributed by atoms with E-state index in [1.54, 1.807) is 6.07 Å². The van der Waals surface area contributed by atoms with Crippen molar-refractivity contribution in [2.24, 2.45) is 0 Å². The Labute approximate surface area is 157 Å². The zero-order valence-electron chi connectivity index (χ0n) is 15.2. The fourth-order valence-corrected chi connectivity index (χ4v) is 3.37. The van der Waals surface area contributed by atoms with Crippen LogP contribution in [0.1, 0.15) is 23.1 Å². The Bertz CT molecular complexity index is 751. The number of alkyl halides is 3. The third-order valence-electron chi connectivity index (χ3n) is 4.93. The number of nitrogens with one attached hydrogen (secondary N) is 1. The molecule has 1 fully saturated rings. The van der Waals surface area contributed by atoms with E-state index in [4.69, 9.17) is 5.41 Å². The number of benzene rings is 2. The van der Waals surface area contributed by atoms with Crippen molar-refractivity contribution in [3.63, 3.8) is 0 Å². The lowest BCUT2D eigenvalue weighted by Gasteiger charge is -2.36. The zero-order valence-corrected chi connectivity index (χ0v) is 15.2. The van der Waals surface area contributed by atoms with Crippen LogP contribution in [0.3, 0.4) is 0 Å². The van der Waals surface area contributed by atoms with Crippen LogP contribution in [-0.2, 0) is 12.6 Å². The zero-order chi connectivity index (χ0) is 19.3. The highest BCUT2D eigenvalue weighted by Crippen LogP contribution is 2.29. The van der Waals surface area contributed by atoms with Gasteiger partial charge < -0.3 is 4.90 Å². The van der Waals surface area contributed by atoms with E-state index in [1.807, 2.05) is 23.1 Å². The Morgan fingerprint density at radius 1 is 0.926 bits per heavy atom.